The van der Waals surface area contributed by atoms with Crippen molar-refractivity contribution in [2.24, 2.45) is 0 Å². The molecule has 0 spiro atoms. The molecule has 0 bridgehead atoms. The second kappa shape index (κ2) is 6.87. The lowest BCUT2D eigenvalue weighted by atomic mass is 10.1. The van der Waals surface area contributed by atoms with Crippen LogP contribution in [0.3, 0.4) is 0 Å². The average Bonchev–Trinajstić information content (AvgIpc) is 2.55. The lowest BCUT2D eigenvalue weighted by molar-refractivity contribution is -0.121. The summed E-state index contributed by atoms with van der Waals surface area (Å²) >= 11 is 6.19. The summed E-state index contributed by atoms with van der Waals surface area (Å²) in [5.74, 6) is 1.06. The summed E-state index contributed by atoms with van der Waals surface area (Å²) in [4.78, 5) is 16.2. The molecule has 0 saturated carbocycles. The largest absolute Gasteiger partial charge is 0.486 e. The van der Waals surface area contributed by atoms with Gasteiger partial charge in [0, 0.05) is 12.4 Å². The number of pyridine rings is 1. The number of aromatic nitrogens is 1. The molecule has 3 rings (SSSR count). The van der Waals surface area contributed by atoms with Crippen LogP contribution >= 0.6 is 11.6 Å². The van der Waals surface area contributed by atoms with E-state index < -0.39 is 0 Å². The fraction of sp³-hybridized carbons (Fsp3) is 0.294. The Morgan fingerprint density at radius 1 is 1.30 bits per heavy atom. The molecule has 5 nitrogen and oxygen atoms in total. The molecule has 2 aromatic rings. The fourth-order valence-electron chi connectivity index (χ4n) is 2.48. The Labute approximate surface area is 139 Å². The van der Waals surface area contributed by atoms with Crippen LogP contribution in [-0.2, 0) is 11.2 Å². The highest BCUT2D eigenvalue weighted by Gasteiger charge is 2.18. The van der Waals surface area contributed by atoms with E-state index >= 15 is 0 Å². The van der Waals surface area contributed by atoms with E-state index in [-0.39, 0.29) is 18.4 Å². The minimum atomic E-state index is -0.0850. The topological polar surface area (TPSA) is 60.5 Å². The molecule has 1 aliphatic heterocycles. The van der Waals surface area contributed by atoms with Crippen LogP contribution in [0.25, 0.3) is 0 Å². The Hall–Kier alpha value is -2.27. The predicted molar refractivity (Wildman–Crippen MR) is 86.9 cm³/mol. The Balaban J connectivity index is 1.67. The first kappa shape index (κ1) is 15.6. The molecule has 1 atom stereocenters. The van der Waals surface area contributed by atoms with Crippen molar-refractivity contribution < 1.29 is 14.3 Å². The molecule has 0 fully saturated rings. The molecule has 1 aromatic carbocycles. The number of hydrogen-bond acceptors (Lipinski definition) is 4. The molecule has 0 saturated heterocycles. The Morgan fingerprint density at radius 2 is 2.04 bits per heavy atom. The number of carbonyl (C=O) groups is 1. The molecule has 1 aromatic heterocycles. The number of amides is 1. The first-order valence-electron chi connectivity index (χ1n) is 7.41. The second-order valence-electron chi connectivity index (χ2n) is 5.35. The second-order valence-corrected chi connectivity index (χ2v) is 5.76. The van der Waals surface area contributed by atoms with Gasteiger partial charge in [-0.25, -0.2) is 0 Å². The lowest BCUT2D eigenvalue weighted by Crippen LogP contribution is -2.28. The third kappa shape index (κ3) is 3.74. The molecule has 0 aliphatic carbocycles. The maximum Gasteiger partial charge on any atom is 0.224 e. The third-order valence-corrected chi connectivity index (χ3v) is 3.89. The number of ether oxygens (including phenoxy) is 2. The minimum absolute atomic E-state index is 0.0814. The lowest BCUT2D eigenvalue weighted by Gasteiger charge is -2.20. The predicted octanol–water partition coefficient (Wildman–Crippen LogP) is 2.93. The molecule has 1 unspecified atom stereocenters. The van der Waals surface area contributed by atoms with E-state index in [2.05, 4.69) is 10.3 Å². The number of nitrogens with zero attached hydrogens (tertiary/aromatic N) is 1. The van der Waals surface area contributed by atoms with Gasteiger partial charge >= 0.3 is 0 Å². The molecule has 6 heteroatoms. The Kier molecular flexibility index (Phi) is 4.67. The van der Waals surface area contributed by atoms with Gasteiger partial charge in [0.1, 0.15) is 13.2 Å². The van der Waals surface area contributed by atoms with Crippen molar-refractivity contribution in [1.29, 1.82) is 0 Å². The zero-order chi connectivity index (χ0) is 16.2. The molecule has 1 N–H and O–H groups in total. The van der Waals surface area contributed by atoms with Gasteiger partial charge in [-0.05, 0) is 42.3 Å². The summed E-state index contributed by atoms with van der Waals surface area (Å²) in [6.45, 7) is 2.90. The number of benzene rings is 1. The highest BCUT2D eigenvalue weighted by Crippen LogP contribution is 2.38. The molecular formula is C17H17ClN2O3. The summed E-state index contributed by atoms with van der Waals surface area (Å²) in [5, 5.41) is 3.43. The maximum absolute atomic E-state index is 12.2. The number of carbonyl (C=O) groups excluding carboxylic acids is 1. The monoisotopic (exact) mass is 332 g/mol. The standard InChI is InChI=1S/C17H17ClN2O3/c1-11(13-2-4-19-5-3-13)20-16(21)10-12-8-14(18)17-15(9-12)22-6-7-23-17/h2-5,8-9,11H,6-7,10H2,1H3,(H,20,21). The minimum Gasteiger partial charge on any atom is -0.486 e. The van der Waals surface area contributed by atoms with Crippen LogP contribution in [0.15, 0.2) is 36.7 Å². The highest BCUT2D eigenvalue weighted by molar-refractivity contribution is 6.32. The normalized spacial score (nSPS) is 14.2. The van der Waals surface area contributed by atoms with Crippen molar-refractivity contribution in [3.8, 4) is 11.5 Å². The molecular weight excluding hydrogens is 316 g/mol. The van der Waals surface area contributed by atoms with Gasteiger partial charge in [0.2, 0.25) is 5.91 Å². The zero-order valence-corrected chi connectivity index (χ0v) is 13.5. The van der Waals surface area contributed by atoms with E-state index in [1.165, 1.54) is 0 Å². The van der Waals surface area contributed by atoms with Crippen LogP contribution in [0.5, 0.6) is 11.5 Å². The third-order valence-electron chi connectivity index (χ3n) is 3.60. The van der Waals surface area contributed by atoms with Gasteiger partial charge in [0.25, 0.3) is 0 Å². The number of halogens is 1. The smallest absolute Gasteiger partial charge is 0.224 e. The molecule has 2 heterocycles. The molecule has 23 heavy (non-hydrogen) atoms. The molecule has 0 radical (unpaired) electrons. The van der Waals surface area contributed by atoms with Crippen molar-refractivity contribution in [1.82, 2.24) is 10.3 Å². The van der Waals surface area contributed by atoms with E-state index in [0.29, 0.717) is 29.7 Å². The fourth-order valence-corrected chi connectivity index (χ4v) is 2.77. The first-order valence-corrected chi connectivity index (χ1v) is 7.78. The van der Waals surface area contributed by atoms with E-state index in [1.54, 1.807) is 24.5 Å². The number of nitrogens with one attached hydrogen (secondary N) is 1. The highest BCUT2D eigenvalue weighted by atomic mass is 35.5. The SMILES string of the molecule is CC(NC(=O)Cc1cc(Cl)c2c(c1)OCCO2)c1ccncc1. The van der Waals surface area contributed by atoms with Gasteiger partial charge < -0.3 is 14.8 Å². The number of hydrogen-bond donors (Lipinski definition) is 1. The van der Waals surface area contributed by atoms with Gasteiger partial charge in [0.05, 0.1) is 17.5 Å². The van der Waals surface area contributed by atoms with E-state index in [0.717, 1.165) is 11.1 Å². The summed E-state index contributed by atoms with van der Waals surface area (Å²) in [6, 6.07) is 7.22. The average molecular weight is 333 g/mol. The molecule has 1 amide bonds. The summed E-state index contributed by atoms with van der Waals surface area (Å²) in [5.41, 5.74) is 1.80. The van der Waals surface area contributed by atoms with E-state index in [1.807, 2.05) is 19.1 Å². The molecule has 120 valence electrons. The quantitative estimate of drug-likeness (QED) is 0.935. The van der Waals surface area contributed by atoms with Gasteiger partial charge in [0.15, 0.2) is 11.5 Å². The van der Waals surface area contributed by atoms with E-state index in [4.69, 9.17) is 21.1 Å². The van der Waals surface area contributed by atoms with Crippen molar-refractivity contribution in [3.63, 3.8) is 0 Å². The van der Waals surface area contributed by atoms with E-state index in [9.17, 15) is 4.79 Å². The van der Waals surface area contributed by atoms with Gasteiger partial charge in [-0.2, -0.15) is 0 Å². The number of rotatable bonds is 4. The van der Waals surface area contributed by atoms with Gasteiger partial charge in [-0.1, -0.05) is 11.6 Å². The summed E-state index contributed by atoms with van der Waals surface area (Å²) in [6.07, 6.45) is 3.64. The Morgan fingerprint density at radius 3 is 2.83 bits per heavy atom. The number of fused-ring (bicyclic) bond motifs is 1. The van der Waals surface area contributed by atoms with Crippen LogP contribution in [-0.4, -0.2) is 24.1 Å². The summed E-state index contributed by atoms with van der Waals surface area (Å²) < 4.78 is 11.0. The van der Waals surface area contributed by atoms with Gasteiger partial charge in [-0.15, -0.1) is 0 Å². The zero-order valence-electron chi connectivity index (χ0n) is 12.7. The van der Waals surface area contributed by atoms with Crippen LogP contribution in [0.1, 0.15) is 24.1 Å². The van der Waals surface area contributed by atoms with Crippen LogP contribution < -0.4 is 14.8 Å². The summed E-state index contributed by atoms with van der Waals surface area (Å²) in [7, 11) is 0. The van der Waals surface area contributed by atoms with Crippen LogP contribution in [0.2, 0.25) is 5.02 Å². The van der Waals surface area contributed by atoms with Gasteiger partial charge in [-0.3, -0.25) is 9.78 Å². The molecule has 1 aliphatic rings. The van der Waals surface area contributed by atoms with Crippen LogP contribution in [0, 0.1) is 0 Å². The Bertz CT molecular complexity index is 706. The van der Waals surface area contributed by atoms with Crippen molar-refractivity contribution in [3.05, 3.63) is 52.8 Å². The van der Waals surface area contributed by atoms with Crippen LogP contribution in [0.4, 0.5) is 0 Å². The first-order chi connectivity index (χ1) is 11.1. The van der Waals surface area contributed by atoms with Crippen molar-refractivity contribution in [2.75, 3.05) is 13.2 Å². The maximum atomic E-state index is 12.2. The van der Waals surface area contributed by atoms with Crippen molar-refractivity contribution >= 4 is 17.5 Å². The van der Waals surface area contributed by atoms with Crippen molar-refractivity contribution in [2.45, 2.75) is 19.4 Å².